The summed E-state index contributed by atoms with van der Waals surface area (Å²) in [6, 6.07) is 3.73. The van der Waals surface area contributed by atoms with E-state index in [1.807, 2.05) is 19.1 Å². The molecule has 0 spiro atoms. The summed E-state index contributed by atoms with van der Waals surface area (Å²) in [5.74, 6) is -0.00709. The van der Waals surface area contributed by atoms with Crippen molar-refractivity contribution >= 4 is 0 Å². The number of aromatic nitrogens is 1. The molecule has 1 heterocycles. The van der Waals surface area contributed by atoms with Gasteiger partial charge in [-0.05, 0) is 23.0 Å². The molecular formula is C12H18N4O2. The van der Waals surface area contributed by atoms with Crippen LogP contribution in [0.25, 0.3) is 0 Å². The van der Waals surface area contributed by atoms with Crippen LogP contribution in [-0.2, 0) is 6.54 Å². The van der Waals surface area contributed by atoms with E-state index in [0.29, 0.717) is 13.1 Å². The Bertz CT molecular complexity index is 392. The van der Waals surface area contributed by atoms with Gasteiger partial charge in [0.05, 0.1) is 12.7 Å². The first-order valence-electron chi connectivity index (χ1n) is 5.94. The average molecular weight is 250 g/mol. The van der Waals surface area contributed by atoms with Gasteiger partial charge in [-0.1, -0.05) is 19.4 Å². The number of nitrogens with one attached hydrogen (secondary N) is 2. The predicted molar refractivity (Wildman–Crippen MR) is 69.1 cm³/mol. The molecule has 0 amide bonds. The van der Waals surface area contributed by atoms with Crippen molar-refractivity contribution in [2.75, 3.05) is 6.54 Å². The van der Waals surface area contributed by atoms with Gasteiger partial charge in [0.2, 0.25) is 0 Å². The minimum Gasteiger partial charge on any atom is -0.380 e. The molecule has 18 heavy (non-hydrogen) atoms. The molecule has 0 saturated heterocycles. The van der Waals surface area contributed by atoms with Crippen molar-refractivity contribution in [1.29, 1.82) is 0 Å². The molecule has 0 aromatic carbocycles. The van der Waals surface area contributed by atoms with Gasteiger partial charge in [-0.3, -0.25) is 10.3 Å². The van der Waals surface area contributed by atoms with Crippen LogP contribution in [0.4, 0.5) is 0 Å². The first kappa shape index (κ1) is 14.0. The lowest BCUT2D eigenvalue weighted by Crippen LogP contribution is -2.23. The summed E-state index contributed by atoms with van der Waals surface area (Å²) in [6.45, 7) is 3.16. The molecule has 6 nitrogen and oxygen atoms in total. The molecule has 0 aliphatic carbocycles. The van der Waals surface area contributed by atoms with Gasteiger partial charge in [-0.2, -0.15) is 0 Å². The van der Waals surface area contributed by atoms with Crippen LogP contribution >= 0.6 is 0 Å². The maximum absolute atomic E-state index is 10.8. The quantitative estimate of drug-likeness (QED) is 0.416. The van der Waals surface area contributed by atoms with Crippen molar-refractivity contribution < 1.29 is 4.92 Å². The fourth-order valence-electron chi connectivity index (χ4n) is 1.33. The largest absolute Gasteiger partial charge is 0.380 e. The number of nitrogens with zero attached hydrogens (tertiary/aromatic N) is 2. The molecule has 1 rings (SSSR count). The lowest BCUT2D eigenvalue weighted by molar-refractivity contribution is -0.432. The predicted octanol–water partition coefficient (Wildman–Crippen LogP) is 1.64. The lowest BCUT2D eigenvalue weighted by Gasteiger charge is -2.04. The Balaban J connectivity index is 2.43. The van der Waals surface area contributed by atoms with Crippen LogP contribution in [0.15, 0.2) is 36.5 Å². The number of hydrogen-bond donors (Lipinski definition) is 2. The van der Waals surface area contributed by atoms with Crippen LogP contribution in [-0.4, -0.2) is 16.5 Å². The Morgan fingerprint density at radius 2 is 2.44 bits per heavy atom. The van der Waals surface area contributed by atoms with E-state index in [9.17, 15) is 10.1 Å². The Morgan fingerprint density at radius 3 is 3.06 bits per heavy atom. The van der Waals surface area contributed by atoms with E-state index in [1.165, 1.54) is 6.20 Å². The molecule has 1 aromatic heterocycles. The maximum atomic E-state index is 10.8. The van der Waals surface area contributed by atoms with Crippen molar-refractivity contribution in [1.82, 2.24) is 15.6 Å². The Morgan fingerprint density at radius 1 is 1.61 bits per heavy atom. The van der Waals surface area contributed by atoms with E-state index in [4.69, 9.17) is 0 Å². The zero-order valence-electron chi connectivity index (χ0n) is 10.4. The van der Waals surface area contributed by atoms with E-state index >= 15 is 0 Å². The molecular weight excluding hydrogens is 232 g/mol. The summed E-state index contributed by atoms with van der Waals surface area (Å²) in [5.41, 5.74) is 0.977. The fourth-order valence-corrected chi connectivity index (χ4v) is 1.33. The van der Waals surface area contributed by atoms with Crippen LogP contribution in [0.3, 0.4) is 0 Å². The standard InChI is InChI=1S/C12H18N4O2/c1-2-3-7-15-12(16(17)18)10-14-9-11-5-4-6-13-8-11/h4-6,8,10,14-15H,2-3,7,9H2,1H3. The summed E-state index contributed by atoms with van der Waals surface area (Å²) >= 11 is 0. The molecule has 0 fully saturated rings. The van der Waals surface area contributed by atoms with Gasteiger partial charge >= 0.3 is 5.82 Å². The molecule has 6 heteroatoms. The summed E-state index contributed by atoms with van der Waals surface area (Å²) in [7, 11) is 0. The van der Waals surface area contributed by atoms with Gasteiger partial charge in [0.15, 0.2) is 0 Å². The van der Waals surface area contributed by atoms with Gasteiger partial charge in [0, 0.05) is 18.9 Å². The van der Waals surface area contributed by atoms with Crippen molar-refractivity contribution in [3.8, 4) is 0 Å². The minimum absolute atomic E-state index is 0.00709. The second-order valence-electron chi connectivity index (χ2n) is 3.81. The Kier molecular flexibility index (Phi) is 6.24. The van der Waals surface area contributed by atoms with Gasteiger partial charge in [-0.25, -0.2) is 0 Å². The van der Waals surface area contributed by atoms with Crippen LogP contribution in [0.2, 0.25) is 0 Å². The summed E-state index contributed by atoms with van der Waals surface area (Å²) in [5, 5.41) is 16.5. The highest BCUT2D eigenvalue weighted by Gasteiger charge is 2.06. The van der Waals surface area contributed by atoms with Crippen LogP contribution in [0.5, 0.6) is 0 Å². The first-order valence-corrected chi connectivity index (χ1v) is 5.94. The third-order valence-corrected chi connectivity index (χ3v) is 2.30. The first-order chi connectivity index (χ1) is 8.74. The normalized spacial score (nSPS) is 11.1. The van der Waals surface area contributed by atoms with E-state index in [2.05, 4.69) is 15.6 Å². The monoisotopic (exact) mass is 250 g/mol. The topological polar surface area (TPSA) is 80.1 Å². The summed E-state index contributed by atoms with van der Waals surface area (Å²) in [6.07, 6.45) is 6.71. The van der Waals surface area contributed by atoms with Gasteiger partial charge in [-0.15, -0.1) is 0 Å². The zero-order valence-corrected chi connectivity index (χ0v) is 10.4. The number of pyridine rings is 1. The third-order valence-electron chi connectivity index (χ3n) is 2.30. The van der Waals surface area contributed by atoms with Crippen molar-refractivity contribution in [2.45, 2.75) is 26.3 Å². The molecule has 98 valence electrons. The number of hydrogen-bond acceptors (Lipinski definition) is 5. The molecule has 0 unspecified atom stereocenters. The molecule has 1 aromatic rings. The van der Waals surface area contributed by atoms with Crippen molar-refractivity contribution in [3.05, 3.63) is 52.2 Å². The number of rotatable bonds is 8. The molecule has 0 aliphatic rings. The Labute approximate surface area is 106 Å². The number of unbranched alkanes of at least 4 members (excludes halogenated alkanes) is 1. The highest BCUT2D eigenvalue weighted by molar-refractivity contribution is 5.08. The summed E-state index contributed by atoms with van der Waals surface area (Å²) in [4.78, 5) is 14.3. The molecule has 0 radical (unpaired) electrons. The highest BCUT2D eigenvalue weighted by Crippen LogP contribution is 1.96. The summed E-state index contributed by atoms with van der Waals surface area (Å²) < 4.78 is 0. The molecule has 2 N–H and O–H groups in total. The van der Waals surface area contributed by atoms with Crippen molar-refractivity contribution in [2.24, 2.45) is 0 Å². The van der Waals surface area contributed by atoms with Crippen molar-refractivity contribution in [3.63, 3.8) is 0 Å². The van der Waals surface area contributed by atoms with Crippen LogP contribution in [0, 0.1) is 10.1 Å². The van der Waals surface area contributed by atoms with Crippen LogP contribution < -0.4 is 10.6 Å². The zero-order chi connectivity index (χ0) is 13.2. The van der Waals surface area contributed by atoms with E-state index in [1.54, 1.807) is 12.4 Å². The molecule has 0 saturated carbocycles. The second kappa shape index (κ2) is 8.05. The maximum Gasteiger partial charge on any atom is 0.331 e. The van der Waals surface area contributed by atoms with E-state index in [-0.39, 0.29) is 5.82 Å². The molecule has 0 atom stereocenters. The van der Waals surface area contributed by atoms with Gasteiger partial charge in [0.1, 0.15) is 0 Å². The van der Waals surface area contributed by atoms with Gasteiger partial charge in [0.25, 0.3) is 0 Å². The second-order valence-corrected chi connectivity index (χ2v) is 3.81. The van der Waals surface area contributed by atoms with Gasteiger partial charge < -0.3 is 15.4 Å². The molecule has 0 bridgehead atoms. The minimum atomic E-state index is -0.425. The molecule has 0 aliphatic heterocycles. The lowest BCUT2D eigenvalue weighted by atomic mass is 10.3. The SMILES string of the molecule is CCCCNC(=CNCc1cccnc1)[N+](=O)[O-]. The Hall–Kier alpha value is -2.11. The highest BCUT2D eigenvalue weighted by atomic mass is 16.6. The van der Waals surface area contributed by atoms with E-state index < -0.39 is 4.92 Å². The smallest absolute Gasteiger partial charge is 0.331 e. The third kappa shape index (κ3) is 5.29. The average Bonchev–Trinajstić information content (AvgIpc) is 2.38. The van der Waals surface area contributed by atoms with E-state index in [0.717, 1.165) is 18.4 Å². The number of nitro groups is 1. The fraction of sp³-hybridized carbons (Fsp3) is 0.417. The van der Waals surface area contributed by atoms with Crippen LogP contribution in [0.1, 0.15) is 25.3 Å².